The molecule has 4 nitrogen and oxygen atoms in total. The van der Waals surface area contributed by atoms with Crippen molar-refractivity contribution in [3.63, 3.8) is 0 Å². The van der Waals surface area contributed by atoms with E-state index in [2.05, 4.69) is 4.72 Å². The van der Waals surface area contributed by atoms with Crippen molar-refractivity contribution in [1.29, 1.82) is 0 Å². The second-order valence-electron chi connectivity index (χ2n) is 4.06. The summed E-state index contributed by atoms with van der Waals surface area (Å²) < 4.78 is 33.0. The Balaban J connectivity index is 1.96. The average molecular weight is 316 g/mol. The van der Waals surface area contributed by atoms with Crippen LogP contribution in [0.15, 0.2) is 34.5 Å². The highest BCUT2D eigenvalue weighted by atomic mass is 35.5. The summed E-state index contributed by atoms with van der Waals surface area (Å²) in [7, 11) is -3.61. The van der Waals surface area contributed by atoms with Crippen molar-refractivity contribution in [3.8, 4) is 5.75 Å². The monoisotopic (exact) mass is 315 g/mol. The van der Waals surface area contributed by atoms with Gasteiger partial charge in [0.05, 0.1) is 16.6 Å². The summed E-state index contributed by atoms with van der Waals surface area (Å²) in [5.41, 5.74) is 1.49. The molecule has 0 aliphatic carbocycles. The maximum Gasteiger partial charge on any atom is 0.271 e. The zero-order valence-corrected chi connectivity index (χ0v) is 12.1. The van der Waals surface area contributed by atoms with Crippen LogP contribution < -0.4 is 9.46 Å². The molecule has 0 spiro atoms. The van der Waals surface area contributed by atoms with Gasteiger partial charge in [-0.1, -0.05) is 23.7 Å². The number of anilines is 1. The Morgan fingerprint density at radius 3 is 2.84 bits per heavy atom. The normalized spacial score (nSPS) is 13.9. The molecule has 0 amide bonds. The highest BCUT2D eigenvalue weighted by Crippen LogP contribution is 2.35. The van der Waals surface area contributed by atoms with Gasteiger partial charge in [-0.25, -0.2) is 8.42 Å². The fraction of sp³-hybridized carbons (Fsp3) is 0.167. The third kappa shape index (κ3) is 2.43. The van der Waals surface area contributed by atoms with Gasteiger partial charge in [-0.2, -0.15) is 0 Å². The first kappa shape index (κ1) is 12.8. The Morgan fingerprint density at radius 1 is 1.26 bits per heavy atom. The summed E-state index contributed by atoms with van der Waals surface area (Å²) in [4.78, 5) is 0. The van der Waals surface area contributed by atoms with E-state index in [4.69, 9.17) is 16.3 Å². The van der Waals surface area contributed by atoms with Gasteiger partial charge in [-0.15, -0.1) is 11.3 Å². The van der Waals surface area contributed by atoms with Crippen LogP contribution in [0, 0.1) is 0 Å². The number of benzene rings is 1. The Kier molecular flexibility index (Phi) is 3.16. The number of nitrogens with one attached hydrogen (secondary N) is 1. The van der Waals surface area contributed by atoms with E-state index in [-0.39, 0.29) is 4.21 Å². The maximum absolute atomic E-state index is 12.2. The second-order valence-corrected chi connectivity index (χ2v) is 7.68. The molecule has 0 saturated carbocycles. The number of rotatable bonds is 3. The van der Waals surface area contributed by atoms with E-state index in [0.717, 1.165) is 23.3 Å². The summed E-state index contributed by atoms with van der Waals surface area (Å²) in [6.45, 7) is 0.582. The molecule has 0 saturated heterocycles. The molecule has 1 aromatic heterocycles. The van der Waals surface area contributed by atoms with Crippen molar-refractivity contribution in [1.82, 2.24) is 0 Å². The lowest BCUT2D eigenvalue weighted by Gasteiger charge is -2.10. The maximum atomic E-state index is 12.2. The van der Waals surface area contributed by atoms with Crippen LogP contribution in [0.5, 0.6) is 5.75 Å². The minimum atomic E-state index is -3.61. The van der Waals surface area contributed by atoms with Gasteiger partial charge in [0.1, 0.15) is 9.96 Å². The molecule has 0 atom stereocenters. The Labute approximate surface area is 120 Å². The van der Waals surface area contributed by atoms with Gasteiger partial charge in [-0.05, 0) is 23.8 Å². The van der Waals surface area contributed by atoms with Crippen molar-refractivity contribution < 1.29 is 13.2 Å². The van der Waals surface area contributed by atoms with Crippen LogP contribution in [0.2, 0.25) is 4.34 Å². The minimum Gasteiger partial charge on any atom is -0.491 e. The summed E-state index contributed by atoms with van der Waals surface area (Å²) in [5.74, 6) is 0.619. The summed E-state index contributed by atoms with van der Waals surface area (Å²) in [5, 5.41) is 0. The molecule has 100 valence electrons. The third-order valence-electron chi connectivity index (χ3n) is 2.77. The third-order valence-corrected chi connectivity index (χ3v) is 5.86. The van der Waals surface area contributed by atoms with Gasteiger partial charge in [-0.3, -0.25) is 4.72 Å². The first-order valence-electron chi connectivity index (χ1n) is 5.59. The smallest absolute Gasteiger partial charge is 0.271 e. The van der Waals surface area contributed by atoms with Gasteiger partial charge >= 0.3 is 0 Å². The topological polar surface area (TPSA) is 55.4 Å². The van der Waals surface area contributed by atoms with Gasteiger partial charge in [0.25, 0.3) is 10.0 Å². The number of ether oxygens (including phenoxy) is 1. The number of halogens is 1. The zero-order chi connectivity index (χ0) is 13.5. The van der Waals surface area contributed by atoms with Crippen LogP contribution in [0.3, 0.4) is 0 Å². The van der Waals surface area contributed by atoms with Crippen LogP contribution in [-0.2, 0) is 16.4 Å². The van der Waals surface area contributed by atoms with E-state index >= 15 is 0 Å². The number of fused-ring (bicyclic) bond motifs is 1. The molecule has 7 heteroatoms. The van der Waals surface area contributed by atoms with Crippen molar-refractivity contribution in [2.75, 3.05) is 11.3 Å². The lowest BCUT2D eigenvalue weighted by atomic mass is 10.1. The number of thiophene rings is 1. The van der Waals surface area contributed by atoms with E-state index in [1.165, 1.54) is 6.07 Å². The molecular weight excluding hydrogens is 306 g/mol. The molecule has 1 aromatic carbocycles. The first-order chi connectivity index (χ1) is 9.06. The van der Waals surface area contributed by atoms with Crippen molar-refractivity contribution in [2.24, 2.45) is 0 Å². The summed E-state index contributed by atoms with van der Waals surface area (Å²) in [6.07, 6.45) is 0.801. The van der Waals surface area contributed by atoms with E-state index in [1.807, 2.05) is 12.1 Å². The molecule has 19 heavy (non-hydrogen) atoms. The molecule has 1 aliphatic heterocycles. The summed E-state index contributed by atoms with van der Waals surface area (Å²) in [6, 6.07) is 8.48. The van der Waals surface area contributed by atoms with Gasteiger partial charge < -0.3 is 4.74 Å². The van der Waals surface area contributed by atoms with E-state index in [1.54, 1.807) is 12.1 Å². The lowest BCUT2D eigenvalue weighted by Crippen LogP contribution is -2.12. The molecule has 0 radical (unpaired) electrons. The molecule has 0 bridgehead atoms. The van der Waals surface area contributed by atoms with Crippen LogP contribution in [0.25, 0.3) is 0 Å². The fourth-order valence-corrected chi connectivity index (χ4v) is 4.48. The summed E-state index contributed by atoms with van der Waals surface area (Å²) >= 11 is 6.79. The first-order valence-corrected chi connectivity index (χ1v) is 8.27. The molecule has 1 N–H and O–H groups in total. The molecule has 3 rings (SSSR count). The minimum absolute atomic E-state index is 0.188. The van der Waals surface area contributed by atoms with Gasteiger partial charge in [0, 0.05) is 6.42 Å². The van der Waals surface area contributed by atoms with Crippen LogP contribution in [-0.4, -0.2) is 15.0 Å². The zero-order valence-electron chi connectivity index (χ0n) is 9.72. The van der Waals surface area contributed by atoms with E-state index in [0.29, 0.717) is 22.4 Å². The Morgan fingerprint density at radius 2 is 2.11 bits per heavy atom. The number of para-hydroxylation sites is 1. The molecular formula is C12H10ClNO3S2. The van der Waals surface area contributed by atoms with E-state index in [9.17, 15) is 8.42 Å². The fourth-order valence-electron chi connectivity index (χ4n) is 1.93. The van der Waals surface area contributed by atoms with Crippen molar-refractivity contribution in [3.05, 3.63) is 40.2 Å². The SMILES string of the molecule is O=S(=O)(Nc1cccc2c1OCC2)c1ccc(Cl)s1. The predicted octanol–water partition coefficient (Wildman–Crippen LogP) is 3.14. The standard InChI is InChI=1S/C12H10ClNO3S2/c13-10-4-5-11(18-10)19(15,16)14-9-3-1-2-8-6-7-17-12(8)9/h1-5,14H,6-7H2. The lowest BCUT2D eigenvalue weighted by molar-refractivity contribution is 0.358. The highest BCUT2D eigenvalue weighted by Gasteiger charge is 2.22. The number of hydrogen-bond donors (Lipinski definition) is 1. The quantitative estimate of drug-likeness (QED) is 0.946. The molecule has 2 heterocycles. The van der Waals surface area contributed by atoms with E-state index < -0.39 is 10.0 Å². The van der Waals surface area contributed by atoms with Gasteiger partial charge in [0.15, 0.2) is 0 Å². The predicted molar refractivity (Wildman–Crippen MR) is 75.8 cm³/mol. The molecule has 1 aliphatic rings. The second kappa shape index (κ2) is 4.70. The highest BCUT2D eigenvalue weighted by molar-refractivity contribution is 7.94. The van der Waals surface area contributed by atoms with Crippen LogP contribution >= 0.6 is 22.9 Å². The Hall–Kier alpha value is -1.24. The molecule has 0 fully saturated rings. The van der Waals surface area contributed by atoms with Crippen LogP contribution in [0.1, 0.15) is 5.56 Å². The van der Waals surface area contributed by atoms with Crippen molar-refractivity contribution >= 4 is 38.6 Å². The number of hydrogen-bond acceptors (Lipinski definition) is 4. The largest absolute Gasteiger partial charge is 0.491 e. The molecule has 2 aromatic rings. The average Bonchev–Trinajstić information content (AvgIpc) is 2.97. The van der Waals surface area contributed by atoms with Gasteiger partial charge in [0.2, 0.25) is 0 Å². The van der Waals surface area contributed by atoms with Crippen LogP contribution in [0.4, 0.5) is 5.69 Å². The van der Waals surface area contributed by atoms with Crippen molar-refractivity contribution in [2.45, 2.75) is 10.6 Å². The Bertz CT molecular complexity index is 724. The molecule has 0 unspecified atom stereocenters. The number of sulfonamides is 1.